The predicted molar refractivity (Wildman–Crippen MR) is 74.2 cm³/mol. The number of piperidine rings is 1. The highest BCUT2D eigenvalue weighted by Gasteiger charge is 2.43. The maximum Gasteiger partial charge on any atom is 0.0947 e. The average molecular weight is 248 g/mol. The Morgan fingerprint density at radius 3 is 2.61 bits per heavy atom. The van der Waals surface area contributed by atoms with Gasteiger partial charge in [0.1, 0.15) is 0 Å². The molecule has 3 nitrogen and oxygen atoms in total. The highest BCUT2D eigenvalue weighted by molar-refractivity contribution is 5.15. The third-order valence-electron chi connectivity index (χ3n) is 4.00. The highest BCUT2D eigenvalue weighted by Crippen LogP contribution is 2.30. The molecule has 3 N–H and O–H groups in total. The van der Waals surface area contributed by atoms with Gasteiger partial charge in [-0.05, 0) is 38.8 Å². The molecule has 1 aromatic rings. The van der Waals surface area contributed by atoms with Gasteiger partial charge >= 0.3 is 0 Å². The second kappa shape index (κ2) is 5.00. The number of rotatable bonds is 3. The summed E-state index contributed by atoms with van der Waals surface area (Å²) in [5, 5.41) is 10.7. The van der Waals surface area contributed by atoms with Crippen LogP contribution < -0.4 is 5.73 Å². The summed E-state index contributed by atoms with van der Waals surface area (Å²) in [6, 6.07) is 10.4. The second-order valence-electron chi connectivity index (χ2n) is 6.05. The van der Waals surface area contributed by atoms with Gasteiger partial charge in [0.15, 0.2) is 0 Å². The Balaban J connectivity index is 2.04. The van der Waals surface area contributed by atoms with Crippen LogP contribution in [0.15, 0.2) is 30.3 Å². The monoisotopic (exact) mass is 248 g/mol. The zero-order valence-electron chi connectivity index (χ0n) is 11.4. The molecule has 0 aliphatic carbocycles. The van der Waals surface area contributed by atoms with Gasteiger partial charge in [-0.15, -0.1) is 0 Å². The fraction of sp³-hybridized carbons (Fsp3) is 0.600. The number of benzene rings is 1. The van der Waals surface area contributed by atoms with E-state index in [-0.39, 0.29) is 0 Å². The average Bonchev–Trinajstić information content (AvgIpc) is 2.29. The van der Waals surface area contributed by atoms with Gasteiger partial charge in [0.2, 0.25) is 0 Å². The van der Waals surface area contributed by atoms with Crippen molar-refractivity contribution in [1.82, 2.24) is 4.90 Å². The standard InChI is InChI=1S/C15H24N2O/c1-14(2,16)15(18)9-6-10-17(12-15)11-13-7-4-3-5-8-13/h3-5,7-8,18H,6,9-12,16H2,1-2H3. The van der Waals surface area contributed by atoms with Crippen LogP contribution in [-0.2, 0) is 6.54 Å². The minimum absolute atomic E-state index is 0.553. The van der Waals surface area contributed by atoms with Crippen molar-refractivity contribution in [2.24, 2.45) is 5.73 Å². The summed E-state index contributed by atoms with van der Waals surface area (Å²) in [5.74, 6) is 0. The predicted octanol–water partition coefficient (Wildman–Crippen LogP) is 1.75. The van der Waals surface area contributed by atoms with Crippen LogP contribution in [-0.4, -0.2) is 34.2 Å². The van der Waals surface area contributed by atoms with E-state index in [1.165, 1.54) is 5.56 Å². The molecule has 100 valence electrons. The Hall–Kier alpha value is -0.900. The van der Waals surface area contributed by atoms with Gasteiger partial charge < -0.3 is 10.8 Å². The van der Waals surface area contributed by atoms with Crippen molar-refractivity contribution in [2.45, 2.75) is 44.4 Å². The Labute approximate surface area is 110 Å². The number of hydrogen-bond donors (Lipinski definition) is 2. The first-order valence-corrected chi connectivity index (χ1v) is 6.68. The largest absolute Gasteiger partial charge is 0.387 e. The van der Waals surface area contributed by atoms with Gasteiger partial charge in [-0.3, -0.25) is 4.90 Å². The van der Waals surface area contributed by atoms with Gasteiger partial charge in [0.05, 0.1) is 5.60 Å². The van der Waals surface area contributed by atoms with E-state index in [1.807, 2.05) is 19.9 Å². The number of likely N-dealkylation sites (tertiary alicyclic amines) is 1. The summed E-state index contributed by atoms with van der Waals surface area (Å²) in [6.45, 7) is 6.41. The lowest BCUT2D eigenvalue weighted by Gasteiger charge is -2.46. The van der Waals surface area contributed by atoms with E-state index in [4.69, 9.17) is 5.73 Å². The van der Waals surface area contributed by atoms with Gasteiger partial charge in [-0.1, -0.05) is 30.3 Å². The molecule has 1 aromatic carbocycles. The molecule has 1 fully saturated rings. The van der Waals surface area contributed by atoms with E-state index >= 15 is 0 Å². The van der Waals surface area contributed by atoms with Crippen LogP contribution in [0.3, 0.4) is 0 Å². The lowest BCUT2D eigenvalue weighted by molar-refractivity contribution is -0.0783. The lowest BCUT2D eigenvalue weighted by Crippen LogP contribution is -2.63. The van der Waals surface area contributed by atoms with Crippen molar-refractivity contribution in [3.8, 4) is 0 Å². The lowest BCUT2D eigenvalue weighted by atomic mass is 9.77. The number of β-amino-alcohol motifs (C(OH)–C–C–N with tert-alkyl or cyclic N) is 1. The Bertz CT molecular complexity index is 385. The maximum absolute atomic E-state index is 10.7. The van der Waals surface area contributed by atoms with Crippen molar-refractivity contribution in [2.75, 3.05) is 13.1 Å². The minimum atomic E-state index is -0.778. The molecule has 2 rings (SSSR count). The van der Waals surface area contributed by atoms with E-state index in [1.54, 1.807) is 0 Å². The summed E-state index contributed by atoms with van der Waals surface area (Å²) in [5.41, 5.74) is 6.08. The summed E-state index contributed by atoms with van der Waals surface area (Å²) >= 11 is 0. The fourth-order valence-electron chi connectivity index (χ4n) is 2.63. The fourth-order valence-corrected chi connectivity index (χ4v) is 2.63. The van der Waals surface area contributed by atoms with E-state index < -0.39 is 11.1 Å². The minimum Gasteiger partial charge on any atom is -0.387 e. The molecule has 1 heterocycles. The number of nitrogens with two attached hydrogens (primary N) is 1. The molecule has 3 heteroatoms. The molecule has 1 unspecified atom stereocenters. The first kappa shape index (κ1) is 13.5. The molecule has 0 saturated carbocycles. The second-order valence-corrected chi connectivity index (χ2v) is 6.05. The van der Waals surface area contributed by atoms with Crippen molar-refractivity contribution in [3.63, 3.8) is 0 Å². The van der Waals surface area contributed by atoms with Crippen LogP contribution in [0.25, 0.3) is 0 Å². The molecular weight excluding hydrogens is 224 g/mol. The van der Waals surface area contributed by atoms with Gasteiger partial charge in [0, 0.05) is 18.6 Å². The normalized spacial score (nSPS) is 26.2. The molecule has 0 amide bonds. The van der Waals surface area contributed by atoms with Crippen LogP contribution in [0.4, 0.5) is 0 Å². The SMILES string of the molecule is CC(C)(N)C1(O)CCCN(Cc2ccccc2)C1. The van der Waals surface area contributed by atoms with E-state index in [9.17, 15) is 5.11 Å². The number of aliphatic hydroxyl groups is 1. The molecule has 1 saturated heterocycles. The van der Waals surface area contributed by atoms with Crippen LogP contribution >= 0.6 is 0 Å². The van der Waals surface area contributed by atoms with Crippen molar-refractivity contribution < 1.29 is 5.11 Å². The summed E-state index contributed by atoms with van der Waals surface area (Å²) < 4.78 is 0. The Morgan fingerprint density at radius 1 is 1.33 bits per heavy atom. The van der Waals surface area contributed by atoms with Gasteiger partial charge in [-0.2, -0.15) is 0 Å². The zero-order chi connectivity index (χ0) is 13.2. The Kier molecular flexibility index (Phi) is 3.76. The molecule has 18 heavy (non-hydrogen) atoms. The van der Waals surface area contributed by atoms with Crippen molar-refractivity contribution >= 4 is 0 Å². The zero-order valence-corrected chi connectivity index (χ0v) is 11.4. The molecule has 0 aromatic heterocycles. The molecular formula is C15H24N2O. The smallest absolute Gasteiger partial charge is 0.0947 e. The molecule has 1 aliphatic rings. The molecule has 1 aliphatic heterocycles. The third kappa shape index (κ3) is 2.91. The van der Waals surface area contributed by atoms with E-state index in [0.717, 1.165) is 25.9 Å². The van der Waals surface area contributed by atoms with Crippen molar-refractivity contribution in [1.29, 1.82) is 0 Å². The van der Waals surface area contributed by atoms with Crippen LogP contribution in [0.5, 0.6) is 0 Å². The molecule has 1 atom stereocenters. The summed E-state index contributed by atoms with van der Waals surface area (Å²) in [6.07, 6.45) is 1.80. The topological polar surface area (TPSA) is 49.5 Å². The van der Waals surface area contributed by atoms with Crippen LogP contribution in [0.1, 0.15) is 32.3 Å². The van der Waals surface area contributed by atoms with E-state index in [2.05, 4.69) is 29.2 Å². The van der Waals surface area contributed by atoms with Crippen LogP contribution in [0.2, 0.25) is 0 Å². The van der Waals surface area contributed by atoms with E-state index in [0.29, 0.717) is 6.54 Å². The molecule has 0 spiro atoms. The summed E-state index contributed by atoms with van der Waals surface area (Å²) in [7, 11) is 0. The third-order valence-corrected chi connectivity index (χ3v) is 4.00. The number of hydrogen-bond acceptors (Lipinski definition) is 3. The quantitative estimate of drug-likeness (QED) is 0.857. The molecule has 0 radical (unpaired) electrons. The Morgan fingerprint density at radius 2 is 2.00 bits per heavy atom. The van der Waals surface area contributed by atoms with Gasteiger partial charge in [-0.25, -0.2) is 0 Å². The molecule has 0 bridgehead atoms. The highest BCUT2D eigenvalue weighted by atomic mass is 16.3. The maximum atomic E-state index is 10.7. The first-order chi connectivity index (χ1) is 8.41. The van der Waals surface area contributed by atoms with Gasteiger partial charge in [0.25, 0.3) is 0 Å². The number of nitrogens with zero attached hydrogens (tertiary/aromatic N) is 1. The summed E-state index contributed by atoms with van der Waals surface area (Å²) in [4.78, 5) is 2.30. The van der Waals surface area contributed by atoms with Crippen molar-refractivity contribution in [3.05, 3.63) is 35.9 Å². The first-order valence-electron chi connectivity index (χ1n) is 6.68. The van der Waals surface area contributed by atoms with Crippen LogP contribution in [0, 0.1) is 0 Å².